The van der Waals surface area contributed by atoms with Gasteiger partial charge >= 0.3 is 5.97 Å². The third-order valence-electron chi connectivity index (χ3n) is 2.61. The molecule has 1 saturated carbocycles. The van der Waals surface area contributed by atoms with E-state index in [1.807, 2.05) is 6.07 Å². The molecule has 0 aromatic heterocycles. The maximum absolute atomic E-state index is 11.7. The van der Waals surface area contributed by atoms with Gasteiger partial charge in [-0.3, -0.25) is 4.79 Å². The second-order valence-corrected chi connectivity index (χ2v) is 5.46. The zero-order chi connectivity index (χ0) is 13.3. The summed E-state index contributed by atoms with van der Waals surface area (Å²) in [6.45, 7) is 0. The zero-order valence-corrected chi connectivity index (χ0v) is 11.0. The van der Waals surface area contributed by atoms with E-state index in [-0.39, 0.29) is 5.75 Å². The van der Waals surface area contributed by atoms with E-state index in [1.165, 1.54) is 25.3 Å². The molecule has 2 rings (SSSR count). The molecule has 1 atom stereocenters. The van der Waals surface area contributed by atoms with Crippen molar-refractivity contribution in [2.75, 3.05) is 7.11 Å². The van der Waals surface area contributed by atoms with Gasteiger partial charge in [-0.05, 0) is 18.6 Å². The van der Waals surface area contributed by atoms with E-state index < -0.39 is 16.2 Å². The third-order valence-corrected chi connectivity index (χ3v) is 3.45. The van der Waals surface area contributed by atoms with Gasteiger partial charge in [0.1, 0.15) is 4.33 Å². The Kier molecular flexibility index (Phi) is 3.38. The van der Waals surface area contributed by atoms with Crippen molar-refractivity contribution in [2.45, 2.75) is 10.8 Å². The van der Waals surface area contributed by atoms with E-state index in [0.717, 1.165) is 0 Å². The van der Waals surface area contributed by atoms with Gasteiger partial charge in [0, 0.05) is 6.07 Å². The van der Waals surface area contributed by atoms with E-state index in [4.69, 9.17) is 37.9 Å². The number of alkyl halides is 2. The highest BCUT2D eigenvalue weighted by Gasteiger charge is 2.57. The minimum absolute atomic E-state index is 0.248. The number of ether oxygens (including phenoxy) is 2. The number of nitriles is 1. The van der Waals surface area contributed by atoms with Crippen LogP contribution in [0, 0.1) is 17.2 Å². The first-order valence-corrected chi connectivity index (χ1v) is 5.91. The molecular weight excluding hydrogens is 277 g/mol. The van der Waals surface area contributed by atoms with Gasteiger partial charge in [-0.15, -0.1) is 23.2 Å². The highest BCUT2D eigenvalue weighted by Crippen LogP contribution is 2.53. The highest BCUT2D eigenvalue weighted by molar-refractivity contribution is 6.52. The maximum Gasteiger partial charge on any atom is 0.317 e. The summed E-state index contributed by atoms with van der Waals surface area (Å²) in [6.07, 6.45) is 0.382. The largest absolute Gasteiger partial charge is 0.493 e. The Morgan fingerprint density at radius 1 is 1.50 bits per heavy atom. The van der Waals surface area contributed by atoms with Gasteiger partial charge in [0.2, 0.25) is 0 Å². The van der Waals surface area contributed by atoms with E-state index in [0.29, 0.717) is 17.7 Å². The molecule has 0 saturated heterocycles. The molecule has 94 valence electrons. The smallest absolute Gasteiger partial charge is 0.317 e. The summed E-state index contributed by atoms with van der Waals surface area (Å²) in [5.41, 5.74) is 0.419. The monoisotopic (exact) mass is 285 g/mol. The lowest BCUT2D eigenvalue weighted by Gasteiger charge is -2.09. The van der Waals surface area contributed by atoms with E-state index >= 15 is 0 Å². The third kappa shape index (κ3) is 2.53. The fourth-order valence-electron chi connectivity index (χ4n) is 1.47. The molecule has 1 aromatic carbocycles. The predicted molar refractivity (Wildman–Crippen MR) is 65.9 cm³/mol. The summed E-state index contributed by atoms with van der Waals surface area (Å²) < 4.78 is 9.18. The van der Waals surface area contributed by atoms with Crippen molar-refractivity contribution in [2.24, 2.45) is 5.92 Å². The van der Waals surface area contributed by atoms with Gasteiger partial charge in [0.05, 0.1) is 24.7 Å². The van der Waals surface area contributed by atoms with Crippen molar-refractivity contribution >= 4 is 29.2 Å². The van der Waals surface area contributed by atoms with E-state index in [2.05, 4.69) is 0 Å². The minimum atomic E-state index is -1.02. The summed E-state index contributed by atoms with van der Waals surface area (Å²) in [7, 11) is 1.43. The van der Waals surface area contributed by atoms with Crippen molar-refractivity contribution in [3.63, 3.8) is 0 Å². The SMILES string of the molecule is COc1cc(C#N)ccc1OC(=O)C1CC1(Cl)Cl. The summed E-state index contributed by atoms with van der Waals surface area (Å²) in [6, 6.07) is 6.49. The molecule has 1 aliphatic carbocycles. The number of nitrogens with zero attached hydrogens (tertiary/aromatic N) is 1. The van der Waals surface area contributed by atoms with E-state index in [9.17, 15) is 4.79 Å². The number of halogens is 2. The molecule has 1 aromatic rings. The zero-order valence-electron chi connectivity index (χ0n) is 9.44. The summed E-state index contributed by atoms with van der Waals surface area (Å²) >= 11 is 11.6. The van der Waals surface area contributed by atoms with Crippen LogP contribution in [0.1, 0.15) is 12.0 Å². The van der Waals surface area contributed by atoms with Crippen molar-refractivity contribution in [1.82, 2.24) is 0 Å². The van der Waals surface area contributed by atoms with Gasteiger partial charge in [0.15, 0.2) is 11.5 Å². The fourth-order valence-corrected chi connectivity index (χ4v) is 1.96. The molecule has 4 nitrogen and oxygen atoms in total. The van der Waals surface area contributed by atoms with Crippen LogP contribution in [-0.2, 0) is 4.79 Å². The molecule has 0 radical (unpaired) electrons. The second kappa shape index (κ2) is 4.68. The lowest BCUT2D eigenvalue weighted by Crippen LogP contribution is -2.14. The Morgan fingerprint density at radius 3 is 2.67 bits per heavy atom. The molecule has 6 heteroatoms. The number of hydrogen-bond donors (Lipinski definition) is 0. The molecule has 0 spiro atoms. The van der Waals surface area contributed by atoms with Crippen LogP contribution < -0.4 is 9.47 Å². The van der Waals surface area contributed by atoms with Crippen LogP contribution in [0.15, 0.2) is 18.2 Å². The number of benzene rings is 1. The van der Waals surface area contributed by atoms with Gasteiger partial charge in [0.25, 0.3) is 0 Å². The Hall–Kier alpha value is -1.44. The van der Waals surface area contributed by atoms with Gasteiger partial charge in [-0.2, -0.15) is 5.26 Å². The van der Waals surface area contributed by atoms with Gasteiger partial charge in [-0.1, -0.05) is 0 Å². The van der Waals surface area contributed by atoms with Crippen LogP contribution in [0.5, 0.6) is 11.5 Å². The first-order valence-electron chi connectivity index (χ1n) is 5.15. The van der Waals surface area contributed by atoms with Crippen LogP contribution >= 0.6 is 23.2 Å². The Labute approximate surface area is 114 Å². The van der Waals surface area contributed by atoms with E-state index in [1.54, 1.807) is 0 Å². The molecule has 1 unspecified atom stereocenters. The van der Waals surface area contributed by atoms with Crippen LogP contribution in [0.4, 0.5) is 0 Å². The molecule has 0 amide bonds. The first-order chi connectivity index (χ1) is 8.47. The topological polar surface area (TPSA) is 59.3 Å². The summed E-state index contributed by atoms with van der Waals surface area (Å²) in [4.78, 5) is 11.7. The van der Waals surface area contributed by atoms with Crippen LogP contribution in [0.25, 0.3) is 0 Å². The lowest BCUT2D eigenvalue weighted by molar-refractivity contribution is -0.135. The Bertz CT molecular complexity index is 537. The average molecular weight is 286 g/mol. The number of esters is 1. The Morgan fingerprint density at radius 2 is 2.17 bits per heavy atom. The van der Waals surface area contributed by atoms with Crippen molar-refractivity contribution in [3.8, 4) is 17.6 Å². The Balaban J connectivity index is 2.15. The minimum Gasteiger partial charge on any atom is -0.493 e. The summed E-state index contributed by atoms with van der Waals surface area (Å²) in [5.74, 6) is -0.445. The lowest BCUT2D eigenvalue weighted by atomic mass is 10.2. The molecule has 18 heavy (non-hydrogen) atoms. The molecule has 0 bridgehead atoms. The summed E-state index contributed by atoms with van der Waals surface area (Å²) in [5, 5.41) is 8.75. The fraction of sp³-hybridized carbons (Fsp3) is 0.333. The van der Waals surface area contributed by atoms with Crippen molar-refractivity contribution in [3.05, 3.63) is 23.8 Å². The van der Waals surface area contributed by atoms with Gasteiger partial charge in [-0.25, -0.2) is 0 Å². The number of rotatable bonds is 3. The quantitative estimate of drug-likeness (QED) is 0.487. The van der Waals surface area contributed by atoms with Crippen LogP contribution in [-0.4, -0.2) is 17.4 Å². The standard InChI is InChI=1S/C12H9Cl2NO3/c1-17-10-4-7(6-15)2-3-9(10)18-11(16)8-5-12(8,13)14/h2-4,8H,5H2,1H3. The molecule has 1 fully saturated rings. The van der Waals surface area contributed by atoms with Gasteiger partial charge < -0.3 is 9.47 Å². The molecular formula is C12H9Cl2NO3. The molecule has 0 heterocycles. The predicted octanol–water partition coefficient (Wildman–Crippen LogP) is 2.67. The van der Waals surface area contributed by atoms with Crippen LogP contribution in [0.3, 0.4) is 0 Å². The molecule has 0 N–H and O–H groups in total. The molecule has 1 aliphatic rings. The average Bonchev–Trinajstić information content (AvgIpc) is 2.99. The number of carbonyl (C=O) groups is 1. The number of carbonyl (C=O) groups excluding carboxylic acids is 1. The molecule has 0 aliphatic heterocycles. The maximum atomic E-state index is 11.7. The van der Waals surface area contributed by atoms with Crippen molar-refractivity contribution in [1.29, 1.82) is 5.26 Å². The normalized spacial score (nSPS) is 19.8. The van der Waals surface area contributed by atoms with Crippen molar-refractivity contribution < 1.29 is 14.3 Å². The number of methoxy groups -OCH3 is 1. The van der Waals surface area contributed by atoms with Crippen LogP contribution in [0.2, 0.25) is 0 Å². The first kappa shape index (κ1) is 13.0. The number of hydrogen-bond acceptors (Lipinski definition) is 4. The second-order valence-electron chi connectivity index (χ2n) is 3.92. The highest BCUT2D eigenvalue weighted by atomic mass is 35.5.